The summed E-state index contributed by atoms with van der Waals surface area (Å²) >= 11 is 0. The first-order valence-electron chi connectivity index (χ1n) is 9.54. The topological polar surface area (TPSA) is 57.7 Å². The van der Waals surface area contributed by atoms with Crippen molar-refractivity contribution in [2.75, 3.05) is 24.5 Å². The molecule has 1 aliphatic rings. The Morgan fingerprint density at radius 1 is 1.11 bits per heavy atom. The standard InChI is InChI=1S/C22H26N2O3S/c1-3-14-24(19-10-6-4-7-11-19)22(25)21-17-20(13-12-18(21)2)28(26,27)23-15-8-5-9-16-23/h3-4,6-7,10-13,17H,1,5,8-9,14-16H2,2H3. The summed E-state index contributed by atoms with van der Waals surface area (Å²) in [4.78, 5) is 15.1. The molecule has 0 aromatic heterocycles. The number of sulfonamides is 1. The van der Waals surface area contributed by atoms with Gasteiger partial charge in [-0.15, -0.1) is 6.58 Å². The van der Waals surface area contributed by atoms with Gasteiger partial charge in [0.1, 0.15) is 0 Å². The second-order valence-corrected chi connectivity index (χ2v) is 8.92. The number of benzene rings is 2. The van der Waals surface area contributed by atoms with Gasteiger partial charge in [-0.3, -0.25) is 4.79 Å². The zero-order valence-electron chi connectivity index (χ0n) is 16.2. The molecule has 0 aliphatic carbocycles. The molecule has 1 amide bonds. The minimum absolute atomic E-state index is 0.176. The zero-order chi connectivity index (χ0) is 20.1. The van der Waals surface area contributed by atoms with Gasteiger partial charge in [0, 0.05) is 30.9 Å². The number of rotatable bonds is 6. The smallest absolute Gasteiger partial charge is 0.258 e. The molecule has 6 heteroatoms. The summed E-state index contributed by atoms with van der Waals surface area (Å²) in [6.45, 7) is 6.97. The van der Waals surface area contributed by atoms with Crippen LogP contribution in [0.3, 0.4) is 0 Å². The maximum Gasteiger partial charge on any atom is 0.258 e. The largest absolute Gasteiger partial charge is 0.305 e. The van der Waals surface area contributed by atoms with E-state index in [0.717, 1.165) is 30.5 Å². The van der Waals surface area contributed by atoms with E-state index in [4.69, 9.17) is 0 Å². The van der Waals surface area contributed by atoms with E-state index in [1.807, 2.05) is 37.3 Å². The molecule has 148 valence electrons. The fraction of sp³-hybridized carbons (Fsp3) is 0.318. The second kappa shape index (κ2) is 8.71. The summed E-state index contributed by atoms with van der Waals surface area (Å²) in [7, 11) is -3.59. The molecule has 0 unspecified atom stereocenters. The third-order valence-corrected chi connectivity index (χ3v) is 6.91. The summed E-state index contributed by atoms with van der Waals surface area (Å²) in [5.74, 6) is -0.237. The molecule has 0 saturated carbocycles. The monoisotopic (exact) mass is 398 g/mol. The van der Waals surface area contributed by atoms with Crippen LogP contribution in [0.5, 0.6) is 0 Å². The first-order valence-corrected chi connectivity index (χ1v) is 11.0. The molecule has 1 fully saturated rings. The highest BCUT2D eigenvalue weighted by atomic mass is 32.2. The van der Waals surface area contributed by atoms with Gasteiger partial charge in [0.05, 0.1) is 4.90 Å². The summed E-state index contributed by atoms with van der Waals surface area (Å²) < 4.78 is 27.6. The summed E-state index contributed by atoms with van der Waals surface area (Å²) in [6.07, 6.45) is 4.46. The second-order valence-electron chi connectivity index (χ2n) is 6.98. The zero-order valence-corrected chi connectivity index (χ0v) is 17.0. The van der Waals surface area contributed by atoms with Gasteiger partial charge in [-0.2, -0.15) is 4.31 Å². The summed E-state index contributed by atoms with van der Waals surface area (Å²) in [5, 5.41) is 0. The molecule has 0 N–H and O–H groups in total. The van der Waals surface area contributed by atoms with Crippen molar-refractivity contribution in [3.05, 3.63) is 72.3 Å². The third kappa shape index (κ3) is 4.18. The molecule has 3 rings (SSSR count). The predicted octanol–water partition coefficient (Wildman–Crippen LogP) is 4.00. The van der Waals surface area contributed by atoms with Crippen LogP contribution in [0.4, 0.5) is 5.69 Å². The molecule has 0 spiro atoms. The van der Waals surface area contributed by atoms with Crippen LogP contribution in [0.25, 0.3) is 0 Å². The first kappa shape index (κ1) is 20.3. The number of hydrogen-bond donors (Lipinski definition) is 0. The Hall–Kier alpha value is -2.44. The molecule has 28 heavy (non-hydrogen) atoms. The molecule has 0 atom stereocenters. The number of nitrogens with zero attached hydrogens (tertiary/aromatic N) is 2. The Labute approximate surface area is 167 Å². The number of amides is 1. The lowest BCUT2D eigenvalue weighted by Gasteiger charge is -2.26. The van der Waals surface area contributed by atoms with Crippen LogP contribution in [0.1, 0.15) is 35.2 Å². The first-order chi connectivity index (χ1) is 13.4. The van der Waals surface area contributed by atoms with Gasteiger partial charge in [-0.05, 0) is 49.6 Å². The minimum Gasteiger partial charge on any atom is -0.305 e. The van der Waals surface area contributed by atoms with Crippen molar-refractivity contribution >= 4 is 21.6 Å². The van der Waals surface area contributed by atoms with Crippen molar-refractivity contribution < 1.29 is 13.2 Å². The molecule has 1 saturated heterocycles. The normalized spacial score (nSPS) is 15.2. The number of hydrogen-bond acceptors (Lipinski definition) is 3. The molecule has 5 nitrogen and oxygen atoms in total. The Morgan fingerprint density at radius 3 is 2.43 bits per heavy atom. The Balaban J connectivity index is 1.98. The van der Waals surface area contributed by atoms with E-state index in [9.17, 15) is 13.2 Å². The number of piperidine rings is 1. The van der Waals surface area contributed by atoms with Crippen LogP contribution in [-0.2, 0) is 10.0 Å². The van der Waals surface area contributed by atoms with E-state index in [-0.39, 0.29) is 10.8 Å². The van der Waals surface area contributed by atoms with Gasteiger partial charge in [-0.25, -0.2) is 8.42 Å². The lowest BCUT2D eigenvalue weighted by Crippen LogP contribution is -2.36. The Morgan fingerprint density at radius 2 is 1.79 bits per heavy atom. The third-order valence-electron chi connectivity index (χ3n) is 5.02. The van der Waals surface area contributed by atoms with Gasteiger partial charge < -0.3 is 4.90 Å². The maximum absolute atomic E-state index is 13.3. The molecular weight excluding hydrogens is 372 g/mol. The van der Waals surface area contributed by atoms with Crippen molar-refractivity contribution in [1.29, 1.82) is 0 Å². The van der Waals surface area contributed by atoms with Crippen LogP contribution in [0.2, 0.25) is 0 Å². The highest BCUT2D eigenvalue weighted by Gasteiger charge is 2.28. The van der Waals surface area contributed by atoms with Crippen molar-refractivity contribution in [3.8, 4) is 0 Å². The molecule has 2 aromatic carbocycles. The van der Waals surface area contributed by atoms with Crippen LogP contribution in [0.15, 0.2) is 66.1 Å². The van der Waals surface area contributed by atoms with Gasteiger partial charge in [0.15, 0.2) is 0 Å². The summed E-state index contributed by atoms with van der Waals surface area (Å²) in [6, 6.07) is 14.1. The maximum atomic E-state index is 13.3. The quantitative estimate of drug-likeness (QED) is 0.691. The van der Waals surface area contributed by atoms with Crippen molar-refractivity contribution in [1.82, 2.24) is 4.31 Å². The predicted molar refractivity (Wildman–Crippen MR) is 112 cm³/mol. The highest BCUT2D eigenvalue weighted by Crippen LogP contribution is 2.25. The SMILES string of the molecule is C=CCN(C(=O)c1cc(S(=O)(=O)N2CCCCC2)ccc1C)c1ccccc1. The van der Waals surface area contributed by atoms with Crippen molar-refractivity contribution in [3.63, 3.8) is 0 Å². The van der Waals surface area contributed by atoms with E-state index in [0.29, 0.717) is 25.2 Å². The number of carbonyl (C=O) groups excluding carboxylic acids is 1. The van der Waals surface area contributed by atoms with Crippen molar-refractivity contribution in [2.45, 2.75) is 31.1 Å². The average Bonchev–Trinajstić information content (AvgIpc) is 2.73. The van der Waals surface area contributed by atoms with E-state index >= 15 is 0 Å². The summed E-state index contributed by atoms with van der Waals surface area (Å²) in [5.41, 5.74) is 1.88. The lowest BCUT2D eigenvalue weighted by atomic mass is 10.1. The number of carbonyl (C=O) groups is 1. The number of para-hydroxylation sites is 1. The fourth-order valence-corrected chi connectivity index (χ4v) is 4.98. The fourth-order valence-electron chi connectivity index (χ4n) is 3.43. The molecule has 0 bridgehead atoms. The molecular formula is C22H26N2O3S. The Kier molecular flexibility index (Phi) is 6.31. The lowest BCUT2D eigenvalue weighted by molar-refractivity contribution is 0.0989. The van der Waals surface area contributed by atoms with Gasteiger partial charge >= 0.3 is 0 Å². The molecule has 0 radical (unpaired) electrons. The van der Waals surface area contributed by atoms with Crippen LogP contribution < -0.4 is 4.90 Å². The van der Waals surface area contributed by atoms with E-state index in [1.54, 1.807) is 23.1 Å². The highest BCUT2D eigenvalue weighted by molar-refractivity contribution is 7.89. The van der Waals surface area contributed by atoms with Gasteiger partial charge in [0.25, 0.3) is 5.91 Å². The molecule has 1 aliphatic heterocycles. The van der Waals surface area contributed by atoms with Gasteiger partial charge in [0.2, 0.25) is 10.0 Å². The number of anilines is 1. The molecule has 1 heterocycles. The van der Waals surface area contributed by atoms with E-state index < -0.39 is 10.0 Å². The minimum atomic E-state index is -3.59. The molecule has 2 aromatic rings. The van der Waals surface area contributed by atoms with E-state index in [2.05, 4.69) is 6.58 Å². The van der Waals surface area contributed by atoms with Crippen LogP contribution in [-0.4, -0.2) is 38.3 Å². The van der Waals surface area contributed by atoms with E-state index in [1.165, 1.54) is 10.4 Å². The number of aryl methyl sites for hydroxylation is 1. The van der Waals surface area contributed by atoms with Crippen LogP contribution in [0, 0.1) is 6.92 Å². The average molecular weight is 399 g/mol. The van der Waals surface area contributed by atoms with Gasteiger partial charge in [-0.1, -0.05) is 36.8 Å². The van der Waals surface area contributed by atoms with Crippen molar-refractivity contribution in [2.24, 2.45) is 0 Å². The Bertz CT molecular complexity index is 949. The van der Waals surface area contributed by atoms with Crippen LogP contribution >= 0.6 is 0 Å².